The van der Waals surface area contributed by atoms with Gasteiger partial charge in [0.1, 0.15) is 0 Å². The second-order valence-electron chi connectivity index (χ2n) is 5.69. The molecule has 3 heterocycles. The molecule has 3 rings (SSSR count). The highest BCUT2D eigenvalue weighted by Crippen LogP contribution is 2.17. The normalized spacial score (nSPS) is 19.5. The number of aromatic nitrogens is 1. The predicted octanol–water partition coefficient (Wildman–Crippen LogP) is 1.74. The number of amides is 1. The van der Waals surface area contributed by atoms with Crippen LogP contribution in [0.25, 0.3) is 0 Å². The van der Waals surface area contributed by atoms with Gasteiger partial charge in [0.05, 0.1) is 23.8 Å². The molecular formula is C16H23N3O2S. The average molecular weight is 321 g/mol. The summed E-state index contributed by atoms with van der Waals surface area (Å²) in [4.78, 5) is 21.0. The van der Waals surface area contributed by atoms with Crippen molar-refractivity contribution in [2.75, 3.05) is 51.7 Å². The lowest BCUT2D eigenvalue weighted by Gasteiger charge is -2.26. The van der Waals surface area contributed by atoms with Crippen LogP contribution < -0.4 is 0 Å². The number of hydrogen-bond acceptors (Lipinski definition) is 5. The van der Waals surface area contributed by atoms with Gasteiger partial charge >= 0.3 is 0 Å². The first-order chi connectivity index (χ1) is 10.8. The summed E-state index contributed by atoms with van der Waals surface area (Å²) >= 11 is 1.75. The van der Waals surface area contributed by atoms with Crippen molar-refractivity contribution >= 4 is 17.7 Å². The molecule has 2 saturated heterocycles. The second kappa shape index (κ2) is 7.94. The van der Waals surface area contributed by atoms with E-state index in [1.165, 1.54) is 0 Å². The summed E-state index contributed by atoms with van der Waals surface area (Å²) in [5.74, 6) is 1.14. The lowest BCUT2D eigenvalue weighted by Crippen LogP contribution is -2.37. The Bertz CT molecular complexity index is 483. The van der Waals surface area contributed by atoms with Gasteiger partial charge in [0.25, 0.3) is 5.91 Å². The van der Waals surface area contributed by atoms with E-state index in [-0.39, 0.29) is 5.91 Å². The number of carbonyl (C=O) groups excluding carboxylic acids is 1. The Morgan fingerprint density at radius 1 is 1.18 bits per heavy atom. The number of nitrogens with zero attached hydrogens (tertiary/aromatic N) is 3. The van der Waals surface area contributed by atoms with Crippen molar-refractivity contribution in [2.45, 2.75) is 17.9 Å². The Morgan fingerprint density at radius 3 is 2.64 bits per heavy atom. The zero-order chi connectivity index (χ0) is 15.2. The van der Waals surface area contributed by atoms with Gasteiger partial charge in [0.2, 0.25) is 0 Å². The van der Waals surface area contributed by atoms with Crippen molar-refractivity contribution in [3.05, 3.63) is 23.9 Å². The van der Waals surface area contributed by atoms with Gasteiger partial charge in [-0.15, -0.1) is 11.8 Å². The molecule has 0 saturated carbocycles. The number of likely N-dealkylation sites (tertiary alicyclic amines) is 1. The zero-order valence-electron chi connectivity index (χ0n) is 12.9. The Morgan fingerprint density at radius 2 is 1.95 bits per heavy atom. The van der Waals surface area contributed by atoms with E-state index in [0.717, 1.165) is 69.6 Å². The summed E-state index contributed by atoms with van der Waals surface area (Å²) < 4.78 is 5.35. The van der Waals surface area contributed by atoms with E-state index in [0.29, 0.717) is 5.56 Å². The van der Waals surface area contributed by atoms with Crippen LogP contribution in [0.15, 0.2) is 23.4 Å². The second-order valence-corrected chi connectivity index (χ2v) is 6.80. The molecule has 2 aliphatic rings. The van der Waals surface area contributed by atoms with Gasteiger partial charge in [0, 0.05) is 44.7 Å². The van der Waals surface area contributed by atoms with E-state index in [4.69, 9.17) is 4.74 Å². The third kappa shape index (κ3) is 4.21. The number of morpholine rings is 1. The zero-order valence-corrected chi connectivity index (χ0v) is 13.7. The number of hydrogen-bond donors (Lipinski definition) is 0. The fourth-order valence-corrected chi connectivity index (χ4v) is 3.65. The molecule has 22 heavy (non-hydrogen) atoms. The molecular weight excluding hydrogens is 298 g/mol. The third-order valence-corrected chi connectivity index (χ3v) is 5.06. The maximum atomic E-state index is 12.2. The minimum atomic E-state index is 0.120. The van der Waals surface area contributed by atoms with Gasteiger partial charge in [-0.3, -0.25) is 9.69 Å². The SMILES string of the molecule is O=C(c1ccc(SCCN2CCOCC2)nc1)N1CCCC1. The van der Waals surface area contributed by atoms with Crippen LogP contribution in [-0.4, -0.2) is 72.4 Å². The summed E-state index contributed by atoms with van der Waals surface area (Å²) in [6, 6.07) is 3.87. The first-order valence-electron chi connectivity index (χ1n) is 8.01. The summed E-state index contributed by atoms with van der Waals surface area (Å²) in [5.41, 5.74) is 0.708. The van der Waals surface area contributed by atoms with Crippen LogP contribution in [0.2, 0.25) is 0 Å². The van der Waals surface area contributed by atoms with Crippen LogP contribution in [0.5, 0.6) is 0 Å². The predicted molar refractivity (Wildman–Crippen MR) is 87.4 cm³/mol. The standard InChI is InChI=1S/C16H23N3O2S/c20-16(19-5-1-2-6-19)14-3-4-15(17-13-14)22-12-9-18-7-10-21-11-8-18/h3-4,13H,1-2,5-12H2. The monoisotopic (exact) mass is 321 g/mol. The molecule has 6 heteroatoms. The number of pyridine rings is 1. The van der Waals surface area contributed by atoms with Crippen LogP contribution in [0, 0.1) is 0 Å². The van der Waals surface area contributed by atoms with Gasteiger partial charge in [0.15, 0.2) is 0 Å². The largest absolute Gasteiger partial charge is 0.379 e. The molecule has 1 aromatic heterocycles. The fraction of sp³-hybridized carbons (Fsp3) is 0.625. The van der Waals surface area contributed by atoms with Crippen LogP contribution in [-0.2, 0) is 4.74 Å². The van der Waals surface area contributed by atoms with Crippen LogP contribution in [0.3, 0.4) is 0 Å². The van der Waals surface area contributed by atoms with Gasteiger partial charge < -0.3 is 9.64 Å². The molecule has 1 amide bonds. The van der Waals surface area contributed by atoms with Crippen molar-refractivity contribution < 1.29 is 9.53 Å². The molecule has 0 radical (unpaired) electrons. The van der Waals surface area contributed by atoms with E-state index >= 15 is 0 Å². The van der Waals surface area contributed by atoms with Gasteiger partial charge in [-0.05, 0) is 25.0 Å². The smallest absolute Gasteiger partial charge is 0.255 e. The quantitative estimate of drug-likeness (QED) is 0.773. The molecule has 0 atom stereocenters. The third-order valence-electron chi connectivity index (χ3n) is 4.14. The molecule has 0 bridgehead atoms. The highest BCUT2D eigenvalue weighted by atomic mass is 32.2. The molecule has 1 aromatic rings. The molecule has 2 aliphatic heterocycles. The van der Waals surface area contributed by atoms with Crippen molar-refractivity contribution in [2.24, 2.45) is 0 Å². The van der Waals surface area contributed by atoms with Crippen LogP contribution >= 0.6 is 11.8 Å². The summed E-state index contributed by atoms with van der Waals surface area (Å²) in [6.45, 7) is 6.56. The molecule has 0 aromatic carbocycles. The van der Waals surface area contributed by atoms with E-state index in [2.05, 4.69) is 9.88 Å². The van der Waals surface area contributed by atoms with Crippen LogP contribution in [0.4, 0.5) is 0 Å². The van der Waals surface area contributed by atoms with Crippen molar-refractivity contribution in [3.63, 3.8) is 0 Å². The van der Waals surface area contributed by atoms with E-state index in [1.54, 1.807) is 18.0 Å². The highest BCUT2D eigenvalue weighted by Gasteiger charge is 2.19. The Hall–Kier alpha value is -1.11. The van der Waals surface area contributed by atoms with E-state index < -0.39 is 0 Å². The fourth-order valence-electron chi connectivity index (χ4n) is 2.80. The van der Waals surface area contributed by atoms with Gasteiger partial charge in [-0.25, -0.2) is 4.98 Å². The molecule has 0 unspecified atom stereocenters. The first-order valence-corrected chi connectivity index (χ1v) is 9.00. The van der Waals surface area contributed by atoms with E-state index in [1.807, 2.05) is 17.0 Å². The minimum Gasteiger partial charge on any atom is -0.379 e. The number of carbonyl (C=O) groups is 1. The van der Waals surface area contributed by atoms with Crippen molar-refractivity contribution in [3.8, 4) is 0 Å². The minimum absolute atomic E-state index is 0.120. The molecule has 120 valence electrons. The summed E-state index contributed by atoms with van der Waals surface area (Å²) in [6.07, 6.45) is 3.96. The number of thioether (sulfide) groups is 1. The molecule has 2 fully saturated rings. The summed E-state index contributed by atoms with van der Waals surface area (Å²) in [7, 11) is 0. The maximum absolute atomic E-state index is 12.2. The molecule has 0 aliphatic carbocycles. The topological polar surface area (TPSA) is 45.7 Å². The Kier molecular flexibility index (Phi) is 5.70. The molecule has 5 nitrogen and oxygen atoms in total. The average Bonchev–Trinajstić information content (AvgIpc) is 3.10. The first kappa shape index (κ1) is 15.8. The van der Waals surface area contributed by atoms with Gasteiger partial charge in [-0.2, -0.15) is 0 Å². The van der Waals surface area contributed by atoms with E-state index in [9.17, 15) is 4.79 Å². The van der Waals surface area contributed by atoms with Crippen LogP contribution in [0.1, 0.15) is 23.2 Å². The number of ether oxygens (including phenoxy) is 1. The lowest BCUT2D eigenvalue weighted by atomic mass is 10.2. The highest BCUT2D eigenvalue weighted by molar-refractivity contribution is 7.99. The lowest BCUT2D eigenvalue weighted by molar-refractivity contribution is 0.0410. The summed E-state index contributed by atoms with van der Waals surface area (Å²) in [5, 5.41) is 0.992. The molecule has 0 N–H and O–H groups in total. The molecule has 0 spiro atoms. The number of rotatable bonds is 5. The maximum Gasteiger partial charge on any atom is 0.255 e. The Balaban J connectivity index is 1.45. The van der Waals surface area contributed by atoms with Gasteiger partial charge in [-0.1, -0.05) is 0 Å². The van der Waals surface area contributed by atoms with Crippen molar-refractivity contribution in [1.29, 1.82) is 0 Å². The Labute approximate surface area is 136 Å². The van der Waals surface area contributed by atoms with Crippen molar-refractivity contribution in [1.82, 2.24) is 14.8 Å².